The van der Waals surface area contributed by atoms with E-state index < -0.39 is 0 Å². The van der Waals surface area contributed by atoms with Crippen molar-refractivity contribution in [1.82, 2.24) is 5.32 Å². The van der Waals surface area contributed by atoms with Crippen LogP contribution in [0.5, 0.6) is 11.5 Å². The molecule has 1 atom stereocenters. The largest absolute Gasteiger partial charge is 0.493 e. The predicted molar refractivity (Wildman–Crippen MR) is 86.5 cm³/mol. The van der Waals surface area contributed by atoms with Crippen molar-refractivity contribution in [1.29, 1.82) is 0 Å². The number of nitrogens with one attached hydrogen (secondary N) is 1. The van der Waals surface area contributed by atoms with Crippen molar-refractivity contribution in [2.75, 3.05) is 20.8 Å². The molecule has 2 rings (SSSR count). The average Bonchev–Trinajstić information content (AvgIpc) is 2.52. The Labute approximate surface area is 130 Å². The first-order chi connectivity index (χ1) is 10.2. The molecule has 0 radical (unpaired) electrons. The molecule has 0 aliphatic rings. The maximum Gasteiger partial charge on any atom is 0.161 e. The maximum atomic E-state index is 6.11. The van der Waals surface area contributed by atoms with E-state index in [4.69, 9.17) is 21.1 Å². The molecule has 0 aliphatic heterocycles. The van der Waals surface area contributed by atoms with E-state index >= 15 is 0 Å². The zero-order valence-corrected chi connectivity index (χ0v) is 13.3. The van der Waals surface area contributed by atoms with E-state index in [1.54, 1.807) is 14.2 Å². The first kappa shape index (κ1) is 15.7. The minimum absolute atomic E-state index is 0.0634. The van der Waals surface area contributed by atoms with Gasteiger partial charge in [0.2, 0.25) is 0 Å². The van der Waals surface area contributed by atoms with Crippen LogP contribution in [0.25, 0.3) is 0 Å². The van der Waals surface area contributed by atoms with Crippen LogP contribution in [0.3, 0.4) is 0 Å². The normalized spacial score (nSPS) is 12.0. The molecular formula is C17H20ClNO2. The molecule has 112 valence electrons. The number of benzene rings is 2. The number of halogens is 1. The molecule has 0 amide bonds. The van der Waals surface area contributed by atoms with Crippen LogP contribution < -0.4 is 14.8 Å². The van der Waals surface area contributed by atoms with Gasteiger partial charge >= 0.3 is 0 Å². The lowest BCUT2D eigenvalue weighted by Gasteiger charge is -2.20. The third kappa shape index (κ3) is 3.69. The first-order valence-electron chi connectivity index (χ1n) is 6.90. The molecule has 21 heavy (non-hydrogen) atoms. The van der Waals surface area contributed by atoms with Crippen molar-refractivity contribution < 1.29 is 9.47 Å². The highest BCUT2D eigenvalue weighted by molar-refractivity contribution is 6.30. The smallest absolute Gasteiger partial charge is 0.161 e. The third-order valence-corrected chi connectivity index (χ3v) is 3.57. The molecule has 0 aromatic heterocycles. The van der Waals surface area contributed by atoms with E-state index in [1.807, 2.05) is 36.4 Å². The Bertz CT molecular complexity index is 601. The van der Waals surface area contributed by atoms with Gasteiger partial charge in [0, 0.05) is 5.02 Å². The fraction of sp³-hybridized carbons (Fsp3) is 0.294. The van der Waals surface area contributed by atoms with Crippen LogP contribution in [0.2, 0.25) is 5.02 Å². The Kier molecular flexibility index (Phi) is 5.48. The van der Waals surface area contributed by atoms with Crippen molar-refractivity contribution in [2.45, 2.75) is 13.0 Å². The highest BCUT2D eigenvalue weighted by Gasteiger charge is 2.15. The number of methoxy groups -OCH3 is 2. The van der Waals surface area contributed by atoms with Gasteiger partial charge in [-0.25, -0.2) is 0 Å². The summed E-state index contributed by atoms with van der Waals surface area (Å²) >= 11 is 6.11. The summed E-state index contributed by atoms with van der Waals surface area (Å²) in [5.74, 6) is 1.45. The molecule has 2 aromatic rings. The van der Waals surface area contributed by atoms with Gasteiger partial charge in [-0.3, -0.25) is 0 Å². The highest BCUT2D eigenvalue weighted by atomic mass is 35.5. The van der Waals surface area contributed by atoms with E-state index in [1.165, 1.54) is 0 Å². The van der Waals surface area contributed by atoms with Crippen molar-refractivity contribution in [3.8, 4) is 11.5 Å². The van der Waals surface area contributed by atoms with Crippen LogP contribution in [0.15, 0.2) is 42.5 Å². The highest BCUT2D eigenvalue weighted by Crippen LogP contribution is 2.32. The van der Waals surface area contributed by atoms with E-state index in [9.17, 15) is 0 Å². The molecular weight excluding hydrogens is 286 g/mol. The Morgan fingerprint density at radius 3 is 2.33 bits per heavy atom. The first-order valence-corrected chi connectivity index (χ1v) is 7.28. The molecule has 0 aliphatic carbocycles. The van der Waals surface area contributed by atoms with E-state index in [2.05, 4.69) is 18.3 Å². The van der Waals surface area contributed by atoms with Gasteiger partial charge < -0.3 is 14.8 Å². The Morgan fingerprint density at radius 1 is 1.00 bits per heavy atom. The van der Waals surface area contributed by atoms with Crippen molar-refractivity contribution >= 4 is 11.6 Å². The summed E-state index contributed by atoms with van der Waals surface area (Å²) in [6.45, 7) is 2.93. The summed E-state index contributed by atoms with van der Waals surface area (Å²) in [5.41, 5.74) is 2.23. The van der Waals surface area contributed by atoms with Gasteiger partial charge in [-0.05, 0) is 41.9 Å². The van der Waals surface area contributed by atoms with Crippen LogP contribution in [0.4, 0.5) is 0 Å². The van der Waals surface area contributed by atoms with Gasteiger partial charge in [0.25, 0.3) is 0 Å². The van der Waals surface area contributed by atoms with Gasteiger partial charge in [0.1, 0.15) is 0 Å². The monoisotopic (exact) mass is 305 g/mol. The predicted octanol–water partition coefficient (Wildman–Crippen LogP) is 4.06. The fourth-order valence-electron chi connectivity index (χ4n) is 2.35. The summed E-state index contributed by atoms with van der Waals surface area (Å²) in [6, 6.07) is 13.9. The second-order valence-corrected chi connectivity index (χ2v) is 5.10. The number of ether oxygens (including phenoxy) is 2. The fourth-order valence-corrected chi connectivity index (χ4v) is 2.55. The second-order valence-electron chi connectivity index (χ2n) is 4.66. The van der Waals surface area contributed by atoms with E-state index in [0.29, 0.717) is 0 Å². The van der Waals surface area contributed by atoms with Crippen LogP contribution in [0, 0.1) is 0 Å². The van der Waals surface area contributed by atoms with Crippen LogP contribution in [0.1, 0.15) is 24.1 Å². The topological polar surface area (TPSA) is 30.5 Å². The zero-order chi connectivity index (χ0) is 15.2. The third-order valence-electron chi connectivity index (χ3n) is 3.33. The Hall–Kier alpha value is -1.71. The van der Waals surface area contributed by atoms with Gasteiger partial charge in [-0.2, -0.15) is 0 Å². The van der Waals surface area contributed by atoms with Gasteiger partial charge in [-0.1, -0.05) is 36.7 Å². The van der Waals surface area contributed by atoms with Crippen molar-refractivity contribution in [2.24, 2.45) is 0 Å². The van der Waals surface area contributed by atoms with Crippen LogP contribution in [-0.4, -0.2) is 20.8 Å². The molecule has 1 N–H and O–H groups in total. The lowest BCUT2D eigenvalue weighted by atomic mass is 9.98. The summed E-state index contributed by atoms with van der Waals surface area (Å²) in [5, 5.41) is 4.21. The Balaban J connectivity index is 2.43. The van der Waals surface area contributed by atoms with Crippen molar-refractivity contribution in [3.05, 3.63) is 58.6 Å². The molecule has 4 heteroatoms. The second kappa shape index (κ2) is 7.34. The molecule has 0 bridgehead atoms. The molecule has 3 nitrogen and oxygen atoms in total. The molecule has 2 aromatic carbocycles. The SMILES string of the molecule is CCNC(c1cccc(Cl)c1)c1ccc(OC)c(OC)c1. The number of hydrogen-bond acceptors (Lipinski definition) is 3. The minimum atomic E-state index is 0.0634. The van der Waals surface area contributed by atoms with Gasteiger partial charge in [-0.15, -0.1) is 0 Å². The zero-order valence-electron chi connectivity index (χ0n) is 12.5. The van der Waals surface area contributed by atoms with Gasteiger partial charge in [0.05, 0.1) is 20.3 Å². The summed E-state index contributed by atoms with van der Waals surface area (Å²) in [7, 11) is 3.28. The van der Waals surface area contributed by atoms with E-state index in [-0.39, 0.29) is 6.04 Å². The molecule has 0 heterocycles. The van der Waals surface area contributed by atoms with Gasteiger partial charge in [0.15, 0.2) is 11.5 Å². The molecule has 0 spiro atoms. The quantitative estimate of drug-likeness (QED) is 0.873. The average molecular weight is 306 g/mol. The summed E-state index contributed by atoms with van der Waals surface area (Å²) in [6.07, 6.45) is 0. The standard InChI is InChI=1S/C17H20ClNO2/c1-4-19-17(12-6-5-7-14(18)10-12)13-8-9-15(20-2)16(11-13)21-3/h5-11,17,19H,4H2,1-3H3. The lowest BCUT2D eigenvalue weighted by molar-refractivity contribution is 0.354. The number of hydrogen-bond donors (Lipinski definition) is 1. The summed E-state index contributed by atoms with van der Waals surface area (Å²) in [4.78, 5) is 0. The molecule has 0 saturated heterocycles. The molecule has 0 fully saturated rings. The molecule has 0 saturated carbocycles. The van der Waals surface area contributed by atoms with Crippen LogP contribution >= 0.6 is 11.6 Å². The lowest BCUT2D eigenvalue weighted by Crippen LogP contribution is -2.22. The van der Waals surface area contributed by atoms with Crippen LogP contribution in [-0.2, 0) is 0 Å². The van der Waals surface area contributed by atoms with E-state index in [0.717, 1.165) is 34.2 Å². The minimum Gasteiger partial charge on any atom is -0.493 e. The Morgan fingerprint density at radius 2 is 1.71 bits per heavy atom. The van der Waals surface area contributed by atoms with Crippen molar-refractivity contribution in [3.63, 3.8) is 0 Å². The number of rotatable bonds is 6. The molecule has 1 unspecified atom stereocenters. The summed E-state index contributed by atoms with van der Waals surface area (Å²) < 4.78 is 10.7. The maximum absolute atomic E-state index is 6.11.